The largest absolute Gasteiger partial charge is 0.419 e. The van der Waals surface area contributed by atoms with E-state index in [1.54, 1.807) is 10.6 Å². The Bertz CT molecular complexity index is 984. The lowest BCUT2D eigenvalue weighted by Crippen LogP contribution is -2.31. The molecule has 0 spiro atoms. The predicted octanol–water partition coefficient (Wildman–Crippen LogP) is 3.66. The van der Waals surface area contributed by atoms with Gasteiger partial charge in [-0.05, 0) is 37.5 Å². The minimum absolute atomic E-state index is 0.0882. The third-order valence-corrected chi connectivity index (χ3v) is 5.16. The average molecular weight is 350 g/mol. The lowest BCUT2D eigenvalue weighted by atomic mass is 10.0. The third-order valence-electron chi connectivity index (χ3n) is 5.16. The molecule has 2 heterocycles. The van der Waals surface area contributed by atoms with Crippen molar-refractivity contribution in [1.82, 2.24) is 9.47 Å². The van der Waals surface area contributed by atoms with Crippen LogP contribution in [0.1, 0.15) is 36.4 Å². The highest BCUT2D eigenvalue weighted by atomic mass is 16.4. The molecule has 1 amide bonds. The number of aromatic nitrogens is 1. The van der Waals surface area contributed by atoms with Crippen LogP contribution in [0.2, 0.25) is 0 Å². The second kappa shape index (κ2) is 6.83. The molecule has 1 fully saturated rings. The zero-order valence-corrected chi connectivity index (χ0v) is 14.9. The Kier molecular flexibility index (Phi) is 4.37. The summed E-state index contributed by atoms with van der Waals surface area (Å²) >= 11 is 0. The number of oxazole rings is 1. The number of carbonyl (C=O) groups excluding carboxylic acids is 1. The first-order valence-electron chi connectivity index (χ1n) is 9.08. The van der Waals surface area contributed by atoms with E-state index in [1.807, 2.05) is 23.1 Å². The van der Waals surface area contributed by atoms with E-state index in [0.717, 1.165) is 24.9 Å². The van der Waals surface area contributed by atoms with Crippen molar-refractivity contribution in [2.45, 2.75) is 38.8 Å². The molecule has 1 unspecified atom stereocenters. The molecular formula is C21H22N2O3. The number of para-hydroxylation sites is 2. The van der Waals surface area contributed by atoms with Crippen molar-refractivity contribution < 1.29 is 9.21 Å². The molecule has 1 aliphatic rings. The summed E-state index contributed by atoms with van der Waals surface area (Å²) in [5.74, 6) is -0.319. The predicted molar refractivity (Wildman–Crippen MR) is 100.0 cm³/mol. The lowest BCUT2D eigenvalue weighted by Gasteiger charge is -2.25. The molecule has 1 atom stereocenters. The Hall–Kier alpha value is -2.82. The Labute approximate surface area is 151 Å². The van der Waals surface area contributed by atoms with Crippen LogP contribution in [0.25, 0.3) is 11.1 Å². The standard InChI is InChI=1S/C21H22N2O3/c1-15-8-10-16(11-9-15)17-6-4-13-22(17)20(24)12-14-23-18-5-2-3-7-19(18)26-21(23)25/h2-3,5,7-11,17H,4,6,12-14H2,1H3. The van der Waals surface area contributed by atoms with Gasteiger partial charge in [0.2, 0.25) is 5.91 Å². The Morgan fingerprint density at radius 3 is 2.73 bits per heavy atom. The molecule has 5 heteroatoms. The summed E-state index contributed by atoms with van der Waals surface area (Å²) in [5, 5.41) is 0. The van der Waals surface area contributed by atoms with Gasteiger partial charge in [0, 0.05) is 19.5 Å². The minimum Gasteiger partial charge on any atom is -0.408 e. The number of fused-ring (bicyclic) bond motifs is 1. The third kappa shape index (κ3) is 3.05. The first-order chi connectivity index (χ1) is 12.6. The highest BCUT2D eigenvalue weighted by molar-refractivity contribution is 5.77. The summed E-state index contributed by atoms with van der Waals surface area (Å²) in [6.07, 6.45) is 2.30. The molecule has 1 aromatic heterocycles. The van der Waals surface area contributed by atoms with Gasteiger partial charge in [0.25, 0.3) is 0 Å². The number of aryl methyl sites for hydroxylation is 2. The molecule has 0 aliphatic carbocycles. The van der Waals surface area contributed by atoms with Crippen LogP contribution in [-0.2, 0) is 11.3 Å². The van der Waals surface area contributed by atoms with Gasteiger partial charge in [0.1, 0.15) is 0 Å². The highest BCUT2D eigenvalue weighted by Crippen LogP contribution is 2.32. The molecule has 2 aromatic carbocycles. The van der Waals surface area contributed by atoms with Crippen molar-refractivity contribution in [3.8, 4) is 0 Å². The van der Waals surface area contributed by atoms with Crippen LogP contribution >= 0.6 is 0 Å². The van der Waals surface area contributed by atoms with E-state index >= 15 is 0 Å². The maximum Gasteiger partial charge on any atom is 0.419 e. The van der Waals surface area contributed by atoms with E-state index in [0.29, 0.717) is 18.5 Å². The van der Waals surface area contributed by atoms with Crippen LogP contribution in [0.3, 0.4) is 0 Å². The molecule has 4 rings (SSSR count). The summed E-state index contributed by atoms with van der Waals surface area (Å²) in [6, 6.07) is 15.8. The number of nitrogens with zero attached hydrogens (tertiary/aromatic N) is 2. The van der Waals surface area contributed by atoms with Gasteiger partial charge in [-0.1, -0.05) is 42.0 Å². The molecule has 0 saturated carbocycles. The van der Waals surface area contributed by atoms with E-state index in [9.17, 15) is 9.59 Å². The van der Waals surface area contributed by atoms with E-state index in [-0.39, 0.29) is 11.9 Å². The van der Waals surface area contributed by atoms with Crippen LogP contribution in [0.4, 0.5) is 0 Å². The molecule has 134 valence electrons. The number of carbonyl (C=O) groups is 1. The summed E-state index contributed by atoms with van der Waals surface area (Å²) in [6.45, 7) is 3.18. The molecule has 26 heavy (non-hydrogen) atoms. The fraction of sp³-hybridized carbons (Fsp3) is 0.333. The van der Waals surface area contributed by atoms with Gasteiger partial charge in [0.05, 0.1) is 11.6 Å². The number of hydrogen-bond donors (Lipinski definition) is 0. The highest BCUT2D eigenvalue weighted by Gasteiger charge is 2.29. The van der Waals surface area contributed by atoms with E-state index in [1.165, 1.54) is 11.1 Å². The molecular weight excluding hydrogens is 328 g/mol. The second-order valence-corrected chi connectivity index (χ2v) is 6.89. The number of amides is 1. The topological polar surface area (TPSA) is 55.5 Å². The van der Waals surface area contributed by atoms with Crippen LogP contribution in [0.5, 0.6) is 0 Å². The Morgan fingerprint density at radius 1 is 1.15 bits per heavy atom. The zero-order valence-electron chi connectivity index (χ0n) is 14.9. The quantitative estimate of drug-likeness (QED) is 0.722. The van der Waals surface area contributed by atoms with Crippen LogP contribution in [-0.4, -0.2) is 21.9 Å². The van der Waals surface area contributed by atoms with Crippen molar-refractivity contribution in [2.24, 2.45) is 0 Å². The van der Waals surface area contributed by atoms with Gasteiger partial charge in [-0.25, -0.2) is 4.79 Å². The molecule has 3 aromatic rings. The average Bonchev–Trinajstić information content (AvgIpc) is 3.24. The van der Waals surface area contributed by atoms with Gasteiger partial charge in [-0.2, -0.15) is 0 Å². The zero-order chi connectivity index (χ0) is 18.1. The van der Waals surface area contributed by atoms with Gasteiger partial charge in [0.15, 0.2) is 5.58 Å². The Balaban J connectivity index is 1.49. The molecule has 1 aliphatic heterocycles. The van der Waals surface area contributed by atoms with E-state index < -0.39 is 5.76 Å². The van der Waals surface area contributed by atoms with Gasteiger partial charge >= 0.3 is 5.76 Å². The SMILES string of the molecule is Cc1ccc(C2CCCN2C(=O)CCn2c(=O)oc3ccccc32)cc1. The van der Waals surface area contributed by atoms with Crippen molar-refractivity contribution in [3.63, 3.8) is 0 Å². The molecule has 0 bridgehead atoms. The smallest absolute Gasteiger partial charge is 0.408 e. The normalized spacial score (nSPS) is 17.1. The minimum atomic E-state index is -0.407. The van der Waals surface area contributed by atoms with Crippen molar-refractivity contribution >= 4 is 17.0 Å². The first-order valence-corrected chi connectivity index (χ1v) is 9.08. The van der Waals surface area contributed by atoms with Gasteiger partial charge < -0.3 is 9.32 Å². The van der Waals surface area contributed by atoms with E-state index in [2.05, 4.69) is 31.2 Å². The summed E-state index contributed by atoms with van der Waals surface area (Å²) < 4.78 is 6.79. The number of hydrogen-bond acceptors (Lipinski definition) is 3. The molecule has 0 N–H and O–H groups in total. The van der Waals surface area contributed by atoms with E-state index in [4.69, 9.17) is 4.42 Å². The summed E-state index contributed by atoms with van der Waals surface area (Å²) in [4.78, 5) is 26.8. The maximum absolute atomic E-state index is 12.8. The molecule has 1 saturated heterocycles. The lowest BCUT2D eigenvalue weighted by molar-refractivity contribution is -0.132. The second-order valence-electron chi connectivity index (χ2n) is 6.89. The van der Waals surface area contributed by atoms with Crippen molar-refractivity contribution in [2.75, 3.05) is 6.54 Å². The van der Waals surface area contributed by atoms with Crippen LogP contribution in [0.15, 0.2) is 57.7 Å². The van der Waals surface area contributed by atoms with Crippen LogP contribution in [0, 0.1) is 6.92 Å². The fourth-order valence-corrected chi connectivity index (χ4v) is 3.78. The monoisotopic (exact) mass is 350 g/mol. The number of likely N-dealkylation sites (tertiary alicyclic amines) is 1. The van der Waals surface area contributed by atoms with Crippen molar-refractivity contribution in [3.05, 3.63) is 70.2 Å². The maximum atomic E-state index is 12.8. The van der Waals surface area contributed by atoms with Crippen LogP contribution < -0.4 is 5.76 Å². The summed E-state index contributed by atoms with van der Waals surface area (Å²) in [5.41, 5.74) is 3.70. The number of benzene rings is 2. The first kappa shape index (κ1) is 16.6. The van der Waals surface area contributed by atoms with Gasteiger partial charge in [-0.15, -0.1) is 0 Å². The fourth-order valence-electron chi connectivity index (χ4n) is 3.78. The van der Waals surface area contributed by atoms with Gasteiger partial charge in [-0.3, -0.25) is 9.36 Å². The molecule has 0 radical (unpaired) electrons. The van der Waals surface area contributed by atoms with Crippen molar-refractivity contribution in [1.29, 1.82) is 0 Å². The molecule has 5 nitrogen and oxygen atoms in total. The number of rotatable bonds is 4. The Morgan fingerprint density at radius 2 is 1.92 bits per heavy atom. The summed E-state index contributed by atoms with van der Waals surface area (Å²) in [7, 11) is 0.